The van der Waals surface area contributed by atoms with Gasteiger partial charge in [0.05, 0.1) is 0 Å². The zero-order valence-corrected chi connectivity index (χ0v) is 9.45. The summed E-state index contributed by atoms with van der Waals surface area (Å²) in [6.07, 6.45) is -1.11. The molecule has 0 atom stereocenters. The first-order chi connectivity index (χ1) is 6.88. The van der Waals surface area contributed by atoms with Gasteiger partial charge in [-0.2, -0.15) is 0 Å². The SMILES string of the molecule is O=S(=O)(Cl)c1cncc(CCl)c1C(F)F. The largest absolute Gasteiger partial charge is 0.265 e. The molecule has 1 aromatic heterocycles. The van der Waals surface area contributed by atoms with Crippen LogP contribution in [0.2, 0.25) is 0 Å². The molecule has 0 saturated carbocycles. The molecule has 0 aromatic carbocycles. The summed E-state index contributed by atoms with van der Waals surface area (Å²) < 4.78 is 47.1. The third kappa shape index (κ3) is 2.76. The highest BCUT2D eigenvalue weighted by Crippen LogP contribution is 2.31. The van der Waals surface area contributed by atoms with Gasteiger partial charge >= 0.3 is 0 Å². The smallest absolute Gasteiger partial charge is 0.263 e. The average Bonchev–Trinajstić information content (AvgIpc) is 2.15. The van der Waals surface area contributed by atoms with E-state index >= 15 is 0 Å². The molecule has 0 radical (unpaired) electrons. The number of nitrogens with zero attached hydrogens (tertiary/aromatic N) is 1. The van der Waals surface area contributed by atoms with Crippen LogP contribution in [0.3, 0.4) is 0 Å². The molecule has 0 bridgehead atoms. The predicted molar refractivity (Wildman–Crippen MR) is 51.8 cm³/mol. The Morgan fingerprint density at radius 2 is 2.00 bits per heavy atom. The van der Waals surface area contributed by atoms with Gasteiger partial charge in [-0.3, -0.25) is 4.98 Å². The van der Waals surface area contributed by atoms with Crippen LogP contribution >= 0.6 is 22.3 Å². The second-order valence-electron chi connectivity index (χ2n) is 2.58. The Balaban J connectivity index is 3.53. The Morgan fingerprint density at radius 3 is 2.40 bits per heavy atom. The van der Waals surface area contributed by atoms with Crippen molar-refractivity contribution in [2.24, 2.45) is 0 Å². The van der Waals surface area contributed by atoms with Gasteiger partial charge in [-0.05, 0) is 5.56 Å². The Hall–Kier alpha value is -0.460. The fourth-order valence-corrected chi connectivity index (χ4v) is 2.29. The van der Waals surface area contributed by atoms with E-state index in [1.54, 1.807) is 0 Å². The lowest BCUT2D eigenvalue weighted by atomic mass is 10.2. The molecule has 0 amide bonds. The number of pyridine rings is 1. The summed E-state index contributed by atoms with van der Waals surface area (Å²) in [4.78, 5) is 2.79. The zero-order chi connectivity index (χ0) is 11.6. The van der Waals surface area contributed by atoms with E-state index in [-0.39, 0.29) is 11.4 Å². The maximum atomic E-state index is 12.6. The number of rotatable bonds is 3. The van der Waals surface area contributed by atoms with E-state index in [9.17, 15) is 17.2 Å². The Bertz CT molecular complexity index is 464. The molecule has 1 heterocycles. The molecule has 1 aromatic rings. The monoisotopic (exact) mass is 275 g/mol. The van der Waals surface area contributed by atoms with Crippen molar-refractivity contribution in [3.63, 3.8) is 0 Å². The Kier molecular flexibility index (Phi) is 3.86. The molecule has 0 saturated heterocycles. The van der Waals surface area contributed by atoms with Crippen LogP contribution in [0.4, 0.5) is 8.78 Å². The lowest BCUT2D eigenvalue weighted by molar-refractivity contribution is 0.147. The van der Waals surface area contributed by atoms with Gasteiger partial charge in [0.25, 0.3) is 15.5 Å². The van der Waals surface area contributed by atoms with Crippen LogP contribution in [0.25, 0.3) is 0 Å². The van der Waals surface area contributed by atoms with Crippen LogP contribution in [0.1, 0.15) is 17.6 Å². The predicted octanol–water partition coefficient (Wildman–Crippen LogP) is 2.69. The number of hydrogen-bond donors (Lipinski definition) is 0. The molecule has 0 fully saturated rings. The van der Waals surface area contributed by atoms with Crippen molar-refractivity contribution >= 4 is 31.3 Å². The summed E-state index contributed by atoms with van der Waals surface area (Å²) in [7, 11) is 0.753. The van der Waals surface area contributed by atoms with Crippen LogP contribution < -0.4 is 0 Å². The highest BCUT2D eigenvalue weighted by atomic mass is 35.7. The number of alkyl halides is 3. The summed E-state index contributed by atoms with van der Waals surface area (Å²) in [5, 5.41) is 0. The van der Waals surface area contributed by atoms with Crippen molar-refractivity contribution in [3.05, 3.63) is 23.5 Å². The molecule has 3 nitrogen and oxygen atoms in total. The summed E-state index contributed by atoms with van der Waals surface area (Å²) >= 11 is 5.39. The van der Waals surface area contributed by atoms with Crippen LogP contribution in [0.5, 0.6) is 0 Å². The van der Waals surface area contributed by atoms with E-state index in [0.717, 1.165) is 12.4 Å². The molecule has 84 valence electrons. The van der Waals surface area contributed by atoms with Crippen LogP contribution in [-0.2, 0) is 14.9 Å². The van der Waals surface area contributed by atoms with Crippen LogP contribution in [-0.4, -0.2) is 13.4 Å². The second-order valence-corrected chi connectivity index (χ2v) is 5.38. The van der Waals surface area contributed by atoms with Gasteiger partial charge in [0.2, 0.25) is 0 Å². The van der Waals surface area contributed by atoms with Crippen molar-refractivity contribution < 1.29 is 17.2 Å². The molecule has 0 unspecified atom stereocenters. The van der Waals surface area contributed by atoms with Crippen molar-refractivity contribution in [2.75, 3.05) is 0 Å². The van der Waals surface area contributed by atoms with E-state index in [2.05, 4.69) is 4.98 Å². The van der Waals surface area contributed by atoms with E-state index in [4.69, 9.17) is 22.3 Å². The van der Waals surface area contributed by atoms with Gasteiger partial charge in [0.1, 0.15) is 4.90 Å². The van der Waals surface area contributed by atoms with Crippen molar-refractivity contribution in [2.45, 2.75) is 17.2 Å². The molecule has 0 spiro atoms. The average molecular weight is 276 g/mol. The standard InChI is InChI=1S/C7H5Cl2F2NO2S/c8-1-4-2-12-3-5(15(9,13)14)6(4)7(10)11/h2-3,7H,1H2. The highest BCUT2D eigenvalue weighted by molar-refractivity contribution is 8.13. The van der Waals surface area contributed by atoms with Crippen molar-refractivity contribution in [3.8, 4) is 0 Å². The molecule has 0 aliphatic carbocycles. The van der Waals surface area contributed by atoms with Gasteiger partial charge in [0, 0.05) is 34.5 Å². The highest BCUT2D eigenvalue weighted by Gasteiger charge is 2.25. The van der Waals surface area contributed by atoms with E-state index < -0.39 is 25.9 Å². The summed E-state index contributed by atoms with van der Waals surface area (Å²) in [6.45, 7) is 0. The molecular weight excluding hydrogens is 271 g/mol. The third-order valence-corrected chi connectivity index (χ3v) is 3.30. The minimum atomic E-state index is -4.24. The Morgan fingerprint density at radius 1 is 1.40 bits per heavy atom. The lowest BCUT2D eigenvalue weighted by Crippen LogP contribution is -2.03. The van der Waals surface area contributed by atoms with Gasteiger partial charge in [0.15, 0.2) is 0 Å². The minimum absolute atomic E-state index is 0.0478. The topological polar surface area (TPSA) is 47.0 Å². The third-order valence-electron chi connectivity index (χ3n) is 1.66. The number of hydrogen-bond acceptors (Lipinski definition) is 3. The zero-order valence-electron chi connectivity index (χ0n) is 7.12. The van der Waals surface area contributed by atoms with E-state index in [0.29, 0.717) is 0 Å². The second kappa shape index (κ2) is 4.59. The lowest BCUT2D eigenvalue weighted by Gasteiger charge is -2.09. The number of aromatic nitrogens is 1. The summed E-state index contributed by atoms with van der Waals surface area (Å²) in [6, 6.07) is 0. The fourth-order valence-electron chi connectivity index (χ4n) is 1.04. The van der Waals surface area contributed by atoms with Gasteiger partial charge in [-0.25, -0.2) is 17.2 Å². The fraction of sp³-hybridized carbons (Fsp3) is 0.286. The van der Waals surface area contributed by atoms with Crippen molar-refractivity contribution in [1.29, 1.82) is 0 Å². The summed E-state index contributed by atoms with van der Waals surface area (Å²) in [5.41, 5.74) is -0.733. The van der Waals surface area contributed by atoms with Crippen LogP contribution in [0.15, 0.2) is 17.3 Å². The molecule has 0 aliphatic heterocycles. The van der Waals surface area contributed by atoms with Gasteiger partial charge in [-0.1, -0.05) is 0 Å². The maximum Gasteiger partial charge on any atom is 0.265 e. The van der Waals surface area contributed by atoms with Crippen molar-refractivity contribution in [1.82, 2.24) is 4.98 Å². The first kappa shape index (κ1) is 12.6. The van der Waals surface area contributed by atoms with E-state index in [1.165, 1.54) is 0 Å². The molecule has 1 rings (SSSR count). The maximum absolute atomic E-state index is 12.6. The molecular formula is C7H5Cl2F2NO2S. The first-order valence-corrected chi connectivity index (χ1v) is 6.48. The van der Waals surface area contributed by atoms with Crippen LogP contribution in [0, 0.1) is 0 Å². The molecule has 0 N–H and O–H groups in total. The molecule has 8 heteroatoms. The van der Waals surface area contributed by atoms with Gasteiger partial charge < -0.3 is 0 Å². The summed E-state index contributed by atoms with van der Waals surface area (Å²) in [5.74, 6) is -0.257. The first-order valence-electron chi connectivity index (χ1n) is 3.63. The molecule has 15 heavy (non-hydrogen) atoms. The molecule has 0 aliphatic rings. The minimum Gasteiger partial charge on any atom is -0.263 e. The number of halogens is 4. The van der Waals surface area contributed by atoms with E-state index in [1.807, 2.05) is 0 Å². The van der Waals surface area contributed by atoms with Gasteiger partial charge in [-0.15, -0.1) is 11.6 Å². The Labute approximate surface area is 94.4 Å². The normalized spacial score (nSPS) is 12.1. The quantitative estimate of drug-likeness (QED) is 0.630.